The zero-order valence-electron chi connectivity index (χ0n) is 11.0. The Morgan fingerprint density at radius 2 is 1.68 bits per heavy atom. The molecule has 0 aliphatic heterocycles. The Kier molecular flexibility index (Phi) is 2.22. The highest BCUT2D eigenvalue weighted by atomic mass is 19.2. The standard InChI is InChI=1S/C16H19F2N/c17-13-2-1-12(4-14(13)18)15-5-10-3-11(6-15)8-16(19,7-10)9-15/h1-2,4,10-11H,3,5-9,19H2. The van der Waals surface area contributed by atoms with Crippen molar-refractivity contribution in [1.29, 1.82) is 0 Å². The fourth-order valence-corrected chi connectivity index (χ4v) is 5.50. The van der Waals surface area contributed by atoms with Gasteiger partial charge < -0.3 is 5.73 Å². The van der Waals surface area contributed by atoms with Gasteiger partial charge in [-0.3, -0.25) is 0 Å². The average molecular weight is 263 g/mol. The Balaban J connectivity index is 1.79. The van der Waals surface area contributed by atoms with Crippen molar-refractivity contribution in [3.8, 4) is 0 Å². The molecule has 0 aromatic heterocycles. The summed E-state index contributed by atoms with van der Waals surface area (Å²) >= 11 is 0. The molecule has 19 heavy (non-hydrogen) atoms. The molecular weight excluding hydrogens is 244 g/mol. The quantitative estimate of drug-likeness (QED) is 0.824. The van der Waals surface area contributed by atoms with E-state index in [9.17, 15) is 8.78 Å². The number of hydrogen-bond donors (Lipinski definition) is 1. The molecule has 4 aliphatic carbocycles. The summed E-state index contributed by atoms with van der Waals surface area (Å²) in [5.41, 5.74) is 7.46. The number of nitrogens with two attached hydrogens (primary N) is 1. The van der Waals surface area contributed by atoms with Crippen LogP contribution in [0.1, 0.15) is 44.1 Å². The molecule has 102 valence electrons. The van der Waals surface area contributed by atoms with Crippen LogP contribution in [0.25, 0.3) is 0 Å². The second-order valence-electron chi connectivity index (χ2n) is 7.23. The van der Waals surface area contributed by atoms with Gasteiger partial charge in [0.1, 0.15) is 0 Å². The number of hydrogen-bond acceptors (Lipinski definition) is 1. The lowest BCUT2D eigenvalue weighted by Gasteiger charge is -2.61. The number of benzene rings is 1. The molecule has 0 radical (unpaired) electrons. The molecule has 1 aromatic rings. The molecule has 4 saturated carbocycles. The van der Waals surface area contributed by atoms with Gasteiger partial charge in [0, 0.05) is 5.54 Å². The molecule has 4 aliphatic rings. The maximum Gasteiger partial charge on any atom is 0.159 e. The van der Waals surface area contributed by atoms with Gasteiger partial charge in [0.25, 0.3) is 0 Å². The first-order valence-electron chi connectivity index (χ1n) is 7.23. The van der Waals surface area contributed by atoms with Crippen molar-refractivity contribution in [3.05, 3.63) is 35.4 Å². The van der Waals surface area contributed by atoms with E-state index in [1.54, 1.807) is 6.07 Å². The van der Waals surface area contributed by atoms with E-state index in [1.807, 2.05) is 0 Å². The molecule has 0 saturated heterocycles. The Labute approximate surface area is 112 Å². The second kappa shape index (κ2) is 3.57. The topological polar surface area (TPSA) is 26.0 Å². The SMILES string of the molecule is NC12CC3CC(C1)CC(c1ccc(F)c(F)c1)(C3)C2. The number of halogens is 2. The lowest BCUT2D eigenvalue weighted by molar-refractivity contribution is -0.0228. The van der Waals surface area contributed by atoms with E-state index in [0.29, 0.717) is 11.8 Å². The molecular formula is C16H19F2N. The largest absolute Gasteiger partial charge is 0.325 e. The fourth-order valence-electron chi connectivity index (χ4n) is 5.50. The van der Waals surface area contributed by atoms with Gasteiger partial charge >= 0.3 is 0 Å². The molecule has 4 bridgehead atoms. The highest BCUT2D eigenvalue weighted by Gasteiger charge is 2.56. The maximum atomic E-state index is 13.6. The molecule has 0 spiro atoms. The lowest BCUT2D eigenvalue weighted by atomic mass is 9.45. The number of rotatable bonds is 1. The van der Waals surface area contributed by atoms with Crippen LogP contribution in [-0.4, -0.2) is 5.54 Å². The summed E-state index contributed by atoms with van der Waals surface area (Å²) in [5, 5.41) is 0. The first-order chi connectivity index (χ1) is 8.98. The zero-order chi connectivity index (χ0) is 13.3. The minimum Gasteiger partial charge on any atom is -0.325 e. The highest BCUT2D eigenvalue weighted by Crippen LogP contribution is 2.61. The van der Waals surface area contributed by atoms with Crippen LogP contribution in [0.2, 0.25) is 0 Å². The summed E-state index contributed by atoms with van der Waals surface area (Å²) in [6.45, 7) is 0. The van der Waals surface area contributed by atoms with Gasteiger partial charge in [-0.15, -0.1) is 0 Å². The average Bonchev–Trinajstić information content (AvgIpc) is 2.29. The van der Waals surface area contributed by atoms with Gasteiger partial charge in [0.2, 0.25) is 0 Å². The molecule has 1 nitrogen and oxygen atoms in total. The Hall–Kier alpha value is -0.960. The molecule has 3 heteroatoms. The molecule has 4 fully saturated rings. The predicted molar refractivity (Wildman–Crippen MR) is 69.6 cm³/mol. The minimum atomic E-state index is -0.754. The van der Waals surface area contributed by atoms with Crippen LogP contribution in [0.3, 0.4) is 0 Å². The third-order valence-electron chi connectivity index (χ3n) is 5.64. The summed E-state index contributed by atoms with van der Waals surface area (Å²) < 4.78 is 26.7. The van der Waals surface area contributed by atoms with E-state index in [1.165, 1.54) is 18.6 Å². The third kappa shape index (κ3) is 1.67. The molecule has 2 atom stereocenters. The zero-order valence-corrected chi connectivity index (χ0v) is 11.0. The van der Waals surface area contributed by atoms with Crippen molar-refractivity contribution in [2.45, 2.75) is 49.5 Å². The van der Waals surface area contributed by atoms with Crippen LogP contribution in [0.5, 0.6) is 0 Å². The minimum absolute atomic E-state index is 0.00731. The van der Waals surface area contributed by atoms with Crippen molar-refractivity contribution in [3.63, 3.8) is 0 Å². The normalized spacial score (nSPS) is 43.7. The van der Waals surface area contributed by atoms with Crippen LogP contribution >= 0.6 is 0 Å². The Bertz CT molecular complexity index is 526. The van der Waals surface area contributed by atoms with Crippen LogP contribution in [-0.2, 0) is 5.41 Å². The molecule has 0 amide bonds. The van der Waals surface area contributed by atoms with E-state index < -0.39 is 11.6 Å². The fraction of sp³-hybridized carbons (Fsp3) is 0.625. The molecule has 1 aromatic carbocycles. The van der Waals surface area contributed by atoms with Crippen molar-refractivity contribution >= 4 is 0 Å². The lowest BCUT2D eigenvalue weighted by Crippen LogP contribution is -2.61. The van der Waals surface area contributed by atoms with E-state index in [4.69, 9.17) is 5.73 Å². The van der Waals surface area contributed by atoms with E-state index in [2.05, 4.69) is 0 Å². The monoisotopic (exact) mass is 263 g/mol. The van der Waals surface area contributed by atoms with E-state index in [-0.39, 0.29) is 11.0 Å². The van der Waals surface area contributed by atoms with Gasteiger partial charge in [-0.25, -0.2) is 8.78 Å². The van der Waals surface area contributed by atoms with E-state index >= 15 is 0 Å². The Morgan fingerprint density at radius 3 is 2.26 bits per heavy atom. The summed E-state index contributed by atoms with van der Waals surface area (Å²) in [4.78, 5) is 0. The van der Waals surface area contributed by atoms with Crippen LogP contribution < -0.4 is 5.73 Å². The van der Waals surface area contributed by atoms with Crippen molar-refractivity contribution in [1.82, 2.24) is 0 Å². The highest BCUT2D eigenvalue weighted by molar-refractivity contribution is 5.32. The smallest absolute Gasteiger partial charge is 0.159 e. The first kappa shape index (κ1) is 11.8. The molecule has 5 rings (SSSR count). The summed E-state index contributed by atoms with van der Waals surface area (Å²) in [6, 6.07) is 4.45. The summed E-state index contributed by atoms with van der Waals surface area (Å²) in [5.74, 6) is -0.117. The van der Waals surface area contributed by atoms with Gasteiger partial charge in [0.05, 0.1) is 0 Å². The van der Waals surface area contributed by atoms with Crippen LogP contribution in [0, 0.1) is 23.5 Å². The second-order valence-corrected chi connectivity index (χ2v) is 7.23. The molecule has 0 heterocycles. The van der Waals surface area contributed by atoms with Gasteiger partial charge in [0.15, 0.2) is 11.6 Å². The van der Waals surface area contributed by atoms with E-state index in [0.717, 1.165) is 37.7 Å². The Morgan fingerprint density at radius 1 is 1.00 bits per heavy atom. The third-order valence-corrected chi connectivity index (χ3v) is 5.64. The summed E-state index contributed by atoms with van der Waals surface area (Å²) in [6.07, 6.45) is 6.67. The predicted octanol–water partition coefficient (Wildman–Crippen LogP) is 3.51. The van der Waals surface area contributed by atoms with Gasteiger partial charge in [-0.05, 0) is 73.5 Å². The maximum absolute atomic E-state index is 13.6. The van der Waals surface area contributed by atoms with Crippen molar-refractivity contribution in [2.75, 3.05) is 0 Å². The first-order valence-corrected chi connectivity index (χ1v) is 7.23. The van der Waals surface area contributed by atoms with Gasteiger partial charge in [-0.2, -0.15) is 0 Å². The molecule has 2 N–H and O–H groups in total. The van der Waals surface area contributed by atoms with Crippen molar-refractivity contribution in [2.24, 2.45) is 17.6 Å². The van der Waals surface area contributed by atoms with Gasteiger partial charge in [-0.1, -0.05) is 6.07 Å². The van der Waals surface area contributed by atoms with Crippen molar-refractivity contribution < 1.29 is 8.78 Å². The molecule has 2 unspecified atom stereocenters. The van der Waals surface area contributed by atoms with Crippen LogP contribution in [0.4, 0.5) is 8.78 Å². The van der Waals surface area contributed by atoms with Crippen LogP contribution in [0.15, 0.2) is 18.2 Å². The summed E-state index contributed by atoms with van der Waals surface area (Å²) in [7, 11) is 0.